The van der Waals surface area contributed by atoms with Crippen molar-refractivity contribution in [2.75, 3.05) is 37.6 Å². The first kappa shape index (κ1) is 24.2. The smallest absolute Gasteiger partial charge is 0.321 e. The number of amides is 3. The molecule has 0 bridgehead atoms. The van der Waals surface area contributed by atoms with E-state index in [-0.39, 0.29) is 29.1 Å². The third-order valence-corrected chi connectivity index (χ3v) is 7.02. The molecule has 0 radical (unpaired) electrons. The Hall–Kier alpha value is -2.91. The Labute approximate surface area is 204 Å². The molecule has 2 N–H and O–H groups in total. The Morgan fingerprint density at radius 1 is 1.09 bits per heavy atom. The first-order valence-corrected chi connectivity index (χ1v) is 12.2. The highest BCUT2D eigenvalue weighted by molar-refractivity contribution is 6.33. The van der Waals surface area contributed by atoms with Crippen molar-refractivity contribution in [2.24, 2.45) is 5.92 Å². The zero-order valence-corrected chi connectivity index (χ0v) is 20.1. The summed E-state index contributed by atoms with van der Waals surface area (Å²) in [5, 5.41) is 9.82. The van der Waals surface area contributed by atoms with Crippen LogP contribution in [0, 0.1) is 5.92 Å². The quantitative estimate of drug-likeness (QED) is 0.673. The monoisotopic (exact) mass is 486 g/mol. The van der Waals surface area contributed by atoms with Crippen molar-refractivity contribution in [3.63, 3.8) is 0 Å². The lowest BCUT2D eigenvalue weighted by molar-refractivity contribution is -0.121. The van der Waals surface area contributed by atoms with Crippen molar-refractivity contribution in [1.29, 1.82) is 0 Å². The molecule has 1 aromatic heterocycles. The lowest BCUT2D eigenvalue weighted by Crippen LogP contribution is -2.53. The van der Waals surface area contributed by atoms with E-state index in [9.17, 15) is 14.4 Å². The van der Waals surface area contributed by atoms with Gasteiger partial charge >= 0.3 is 6.03 Å². The number of urea groups is 1. The number of imide groups is 1. The normalized spacial score (nSPS) is 21.2. The fraction of sp³-hybridized carbons (Fsp3) is 0.500. The average Bonchev–Trinajstić information content (AvgIpc) is 2.83. The highest BCUT2D eigenvalue weighted by Gasteiger charge is 2.25. The van der Waals surface area contributed by atoms with Crippen LogP contribution in [-0.4, -0.2) is 65.4 Å². The van der Waals surface area contributed by atoms with E-state index in [4.69, 9.17) is 11.6 Å². The van der Waals surface area contributed by atoms with Crippen molar-refractivity contribution in [2.45, 2.75) is 38.6 Å². The Morgan fingerprint density at radius 3 is 2.50 bits per heavy atom. The molecule has 2 aromatic rings. The van der Waals surface area contributed by atoms with Gasteiger partial charge in [-0.05, 0) is 30.9 Å². The average molecular weight is 487 g/mol. The largest absolute Gasteiger partial charge is 0.366 e. The standard InChI is InChI=1S/C24H31ClN6O3/c1-17-7-5-6-10-19(17)27-24(34)28-21(32)16-29-11-13-30(14-12-29)20-15-26-31(23(33)22(20)25)18-8-3-2-4-9-18/h2-4,8-9,15,17,19H,5-7,10-14,16H2,1H3,(H2,27,28,32,34). The Kier molecular flexibility index (Phi) is 7.84. The van der Waals surface area contributed by atoms with Gasteiger partial charge in [-0.25, -0.2) is 4.79 Å². The molecule has 2 fully saturated rings. The fourth-order valence-corrected chi connectivity index (χ4v) is 4.90. The molecule has 1 aliphatic heterocycles. The van der Waals surface area contributed by atoms with Gasteiger partial charge in [-0.1, -0.05) is 49.6 Å². The van der Waals surface area contributed by atoms with Crippen LogP contribution in [0.5, 0.6) is 0 Å². The van der Waals surface area contributed by atoms with Gasteiger partial charge < -0.3 is 10.2 Å². The number of hydrogen-bond acceptors (Lipinski definition) is 6. The van der Waals surface area contributed by atoms with Crippen molar-refractivity contribution < 1.29 is 9.59 Å². The third kappa shape index (κ3) is 5.77. The minimum atomic E-state index is -0.417. The van der Waals surface area contributed by atoms with E-state index in [2.05, 4.69) is 22.7 Å². The molecule has 10 heteroatoms. The summed E-state index contributed by atoms with van der Waals surface area (Å²) in [5.74, 6) is 0.110. The minimum Gasteiger partial charge on any atom is -0.366 e. The molecule has 2 aliphatic rings. The van der Waals surface area contributed by atoms with Crippen LogP contribution in [-0.2, 0) is 4.79 Å². The summed E-state index contributed by atoms with van der Waals surface area (Å²) in [7, 11) is 0. The Morgan fingerprint density at radius 2 is 1.79 bits per heavy atom. The molecule has 2 unspecified atom stereocenters. The number of aromatic nitrogens is 2. The number of nitrogens with zero attached hydrogens (tertiary/aromatic N) is 4. The molecule has 1 aromatic carbocycles. The van der Waals surface area contributed by atoms with Crippen LogP contribution in [0.15, 0.2) is 41.3 Å². The maximum absolute atomic E-state index is 12.7. The molecule has 1 saturated heterocycles. The molecule has 3 amide bonds. The van der Waals surface area contributed by atoms with E-state index in [1.54, 1.807) is 18.3 Å². The predicted molar refractivity (Wildman–Crippen MR) is 132 cm³/mol. The number of hydrogen-bond donors (Lipinski definition) is 2. The first-order valence-electron chi connectivity index (χ1n) is 11.8. The molecule has 182 valence electrons. The van der Waals surface area contributed by atoms with E-state index in [1.807, 2.05) is 28.0 Å². The van der Waals surface area contributed by atoms with Gasteiger partial charge in [0, 0.05) is 32.2 Å². The lowest BCUT2D eigenvalue weighted by Gasteiger charge is -2.35. The van der Waals surface area contributed by atoms with Crippen LogP contribution in [0.25, 0.3) is 5.69 Å². The van der Waals surface area contributed by atoms with E-state index >= 15 is 0 Å². The van der Waals surface area contributed by atoms with E-state index in [1.165, 1.54) is 11.1 Å². The second kappa shape index (κ2) is 11.0. The van der Waals surface area contributed by atoms with Gasteiger partial charge in [0.1, 0.15) is 5.02 Å². The van der Waals surface area contributed by atoms with Gasteiger partial charge in [0.25, 0.3) is 5.56 Å². The van der Waals surface area contributed by atoms with Gasteiger partial charge in [0.15, 0.2) is 0 Å². The van der Waals surface area contributed by atoms with E-state index in [0.29, 0.717) is 43.5 Å². The zero-order valence-electron chi connectivity index (χ0n) is 19.4. The number of piperazine rings is 1. The molecule has 0 spiro atoms. The van der Waals surface area contributed by atoms with Crippen LogP contribution in [0.2, 0.25) is 5.02 Å². The topological polar surface area (TPSA) is 99.6 Å². The van der Waals surface area contributed by atoms with Crippen molar-refractivity contribution in [3.8, 4) is 5.69 Å². The van der Waals surface area contributed by atoms with Crippen LogP contribution in [0.4, 0.5) is 10.5 Å². The molecule has 1 saturated carbocycles. The summed E-state index contributed by atoms with van der Waals surface area (Å²) in [6, 6.07) is 8.84. The molecule has 1 aliphatic carbocycles. The summed E-state index contributed by atoms with van der Waals surface area (Å²) >= 11 is 6.41. The van der Waals surface area contributed by atoms with E-state index in [0.717, 1.165) is 19.3 Å². The van der Waals surface area contributed by atoms with Gasteiger partial charge in [0.2, 0.25) is 5.91 Å². The molecule has 2 atom stereocenters. The highest BCUT2D eigenvalue weighted by Crippen LogP contribution is 2.24. The zero-order chi connectivity index (χ0) is 24.1. The molecular weight excluding hydrogens is 456 g/mol. The maximum atomic E-state index is 12.7. The van der Waals surface area contributed by atoms with Crippen LogP contribution >= 0.6 is 11.6 Å². The highest BCUT2D eigenvalue weighted by atomic mass is 35.5. The van der Waals surface area contributed by atoms with Crippen molar-refractivity contribution >= 4 is 29.2 Å². The number of anilines is 1. The van der Waals surface area contributed by atoms with Crippen LogP contribution in [0.3, 0.4) is 0 Å². The second-order valence-electron chi connectivity index (χ2n) is 9.05. The second-order valence-corrected chi connectivity index (χ2v) is 9.43. The number of carbonyl (C=O) groups excluding carboxylic acids is 2. The van der Waals surface area contributed by atoms with Crippen LogP contribution < -0.4 is 21.1 Å². The SMILES string of the molecule is CC1CCCCC1NC(=O)NC(=O)CN1CCN(c2cnn(-c3ccccc3)c(=O)c2Cl)CC1. The number of rotatable bonds is 5. The number of nitrogens with one attached hydrogen (secondary N) is 2. The predicted octanol–water partition coefficient (Wildman–Crippen LogP) is 2.41. The van der Waals surface area contributed by atoms with Gasteiger partial charge in [-0.2, -0.15) is 9.78 Å². The first-order chi connectivity index (χ1) is 16.4. The fourth-order valence-electron chi connectivity index (χ4n) is 4.65. The summed E-state index contributed by atoms with van der Waals surface area (Å²) < 4.78 is 1.28. The Balaban J connectivity index is 1.28. The summed E-state index contributed by atoms with van der Waals surface area (Å²) in [6.07, 6.45) is 5.96. The Bertz CT molecular complexity index is 1070. The molecule has 9 nitrogen and oxygen atoms in total. The molecule has 4 rings (SSSR count). The van der Waals surface area contributed by atoms with Gasteiger partial charge in [-0.15, -0.1) is 0 Å². The molecule has 34 heavy (non-hydrogen) atoms. The lowest BCUT2D eigenvalue weighted by atomic mass is 9.86. The summed E-state index contributed by atoms with van der Waals surface area (Å²) in [6.45, 7) is 4.67. The van der Waals surface area contributed by atoms with Gasteiger partial charge in [-0.3, -0.25) is 19.8 Å². The number of carbonyl (C=O) groups is 2. The summed E-state index contributed by atoms with van der Waals surface area (Å²) in [5.41, 5.74) is 0.869. The summed E-state index contributed by atoms with van der Waals surface area (Å²) in [4.78, 5) is 41.3. The third-order valence-electron chi connectivity index (χ3n) is 6.66. The van der Waals surface area contributed by atoms with Crippen LogP contribution in [0.1, 0.15) is 32.6 Å². The molecule has 2 heterocycles. The van der Waals surface area contributed by atoms with Crippen molar-refractivity contribution in [3.05, 3.63) is 51.9 Å². The maximum Gasteiger partial charge on any atom is 0.321 e. The van der Waals surface area contributed by atoms with E-state index < -0.39 is 6.03 Å². The van der Waals surface area contributed by atoms with Crippen molar-refractivity contribution in [1.82, 2.24) is 25.3 Å². The minimum absolute atomic E-state index is 0.124. The number of halogens is 1. The molecular formula is C24H31ClN6O3. The number of benzene rings is 1. The number of para-hydroxylation sites is 1. The van der Waals surface area contributed by atoms with Gasteiger partial charge in [0.05, 0.1) is 24.1 Å².